The number of nitrogens with one attached hydrogen (secondary N) is 1. The van der Waals surface area contributed by atoms with Crippen molar-refractivity contribution in [3.05, 3.63) is 29.3 Å². The van der Waals surface area contributed by atoms with Crippen molar-refractivity contribution in [1.29, 1.82) is 0 Å². The number of benzene rings is 1. The molecule has 0 radical (unpaired) electrons. The van der Waals surface area contributed by atoms with E-state index in [1.807, 2.05) is 25.1 Å². The second-order valence-electron chi connectivity index (χ2n) is 6.67. The molecule has 1 heterocycles. The van der Waals surface area contributed by atoms with Crippen molar-refractivity contribution in [3.8, 4) is 5.75 Å². The lowest BCUT2D eigenvalue weighted by molar-refractivity contribution is -0.145. The van der Waals surface area contributed by atoms with E-state index in [2.05, 4.69) is 18.9 Å². The SMILES string of the molecule is CCOC(=O)[C@H]1CC(C)c2cccc(C(C)C)c2OP(=O)(COC)N1. The van der Waals surface area contributed by atoms with E-state index in [-0.39, 0.29) is 24.8 Å². The zero-order valence-electron chi connectivity index (χ0n) is 15.6. The maximum Gasteiger partial charge on any atom is 0.342 e. The number of hydrogen-bond acceptors (Lipinski definition) is 5. The van der Waals surface area contributed by atoms with Crippen molar-refractivity contribution in [2.24, 2.45) is 0 Å². The number of para-hydroxylation sites is 1. The summed E-state index contributed by atoms with van der Waals surface area (Å²) in [6, 6.07) is 5.23. The van der Waals surface area contributed by atoms with Gasteiger partial charge in [-0.15, -0.1) is 0 Å². The minimum atomic E-state index is -3.42. The average molecular weight is 369 g/mol. The molecule has 2 unspecified atom stereocenters. The first-order valence-corrected chi connectivity index (χ1v) is 10.5. The molecule has 3 atom stereocenters. The van der Waals surface area contributed by atoms with E-state index >= 15 is 0 Å². The molecule has 1 aliphatic rings. The summed E-state index contributed by atoms with van der Waals surface area (Å²) in [5, 5.41) is 2.89. The molecular formula is C18H28NO5P. The lowest BCUT2D eigenvalue weighted by atomic mass is 9.89. The zero-order valence-corrected chi connectivity index (χ0v) is 16.5. The lowest BCUT2D eigenvalue weighted by Gasteiger charge is -2.32. The minimum Gasteiger partial charge on any atom is -0.465 e. The van der Waals surface area contributed by atoms with E-state index in [0.29, 0.717) is 12.2 Å². The fourth-order valence-electron chi connectivity index (χ4n) is 3.09. The number of esters is 1. The predicted molar refractivity (Wildman–Crippen MR) is 97.2 cm³/mol. The largest absolute Gasteiger partial charge is 0.465 e. The summed E-state index contributed by atoms with van der Waals surface area (Å²) >= 11 is 0. The van der Waals surface area contributed by atoms with E-state index in [0.717, 1.165) is 11.1 Å². The van der Waals surface area contributed by atoms with Gasteiger partial charge in [0.1, 0.15) is 18.1 Å². The second-order valence-corrected chi connectivity index (χ2v) is 8.72. The summed E-state index contributed by atoms with van der Waals surface area (Å²) in [4.78, 5) is 12.3. The quantitative estimate of drug-likeness (QED) is 0.624. The molecule has 7 heteroatoms. The van der Waals surface area contributed by atoms with Gasteiger partial charge in [-0.3, -0.25) is 9.36 Å². The van der Waals surface area contributed by atoms with Gasteiger partial charge in [0.2, 0.25) is 0 Å². The lowest BCUT2D eigenvalue weighted by Crippen LogP contribution is -2.40. The molecule has 25 heavy (non-hydrogen) atoms. The third kappa shape index (κ3) is 4.63. The number of rotatable bonds is 5. The number of carbonyl (C=O) groups excluding carboxylic acids is 1. The monoisotopic (exact) mass is 369 g/mol. The normalized spacial score (nSPS) is 26.3. The highest BCUT2D eigenvalue weighted by Gasteiger charge is 2.38. The van der Waals surface area contributed by atoms with Crippen molar-refractivity contribution in [1.82, 2.24) is 5.09 Å². The molecule has 1 aromatic rings. The Kier molecular flexibility index (Phi) is 6.66. The molecule has 0 aromatic heterocycles. The van der Waals surface area contributed by atoms with Crippen molar-refractivity contribution in [2.75, 3.05) is 20.1 Å². The highest BCUT2D eigenvalue weighted by molar-refractivity contribution is 7.57. The summed E-state index contributed by atoms with van der Waals surface area (Å²) in [5.41, 5.74) is 1.95. The van der Waals surface area contributed by atoms with Crippen molar-refractivity contribution >= 4 is 13.5 Å². The maximum absolute atomic E-state index is 13.3. The summed E-state index contributed by atoms with van der Waals surface area (Å²) in [7, 11) is -1.96. The van der Waals surface area contributed by atoms with Crippen molar-refractivity contribution < 1.29 is 23.4 Å². The first kappa shape index (κ1) is 20.0. The van der Waals surface area contributed by atoms with E-state index < -0.39 is 19.5 Å². The van der Waals surface area contributed by atoms with Gasteiger partial charge in [0.15, 0.2) is 0 Å². The van der Waals surface area contributed by atoms with Gasteiger partial charge in [0, 0.05) is 7.11 Å². The van der Waals surface area contributed by atoms with Gasteiger partial charge in [0.05, 0.1) is 6.61 Å². The number of carbonyl (C=O) groups is 1. The van der Waals surface area contributed by atoms with Crippen LogP contribution in [0.1, 0.15) is 57.1 Å². The fourth-order valence-corrected chi connectivity index (χ4v) is 4.80. The summed E-state index contributed by atoms with van der Waals surface area (Å²) in [6.45, 7) is 8.19. The summed E-state index contributed by atoms with van der Waals surface area (Å²) < 4.78 is 29.5. The molecule has 0 amide bonds. The van der Waals surface area contributed by atoms with Crippen molar-refractivity contribution in [3.63, 3.8) is 0 Å². The van der Waals surface area contributed by atoms with Gasteiger partial charge in [-0.2, -0.15) is 0 Å². The molecule has 1 N–H and O–H groups in total. The molecule has 1 aliphatic heterocycles. The molecule has 0 aliphatic carbocycles. The van der Waals surface area contributed by atoms with Crippen LogP contribution in [-0.4, -0.2) is 32.1 Å². The van der Waals surface area contributed by atoms with Crippen LogP contribution in [0.5, 0.6) is 5.75 Å². The van der Waals surface area contributed by atoms with Crippen LogP contribution in [0.3, 0.4) is 0 Å². The fraction of sp³-hybridized carbons (Fsp3) is 0.611. The Bertz CT molecular complexity index is 661. The van der Waals surface area contributed by atoms with Gasteiger partial charge in [0.25, 0.3) is 0 Å². The standard InChI is InChI=1S/C18H28NO5P/c1-6-23-18(20)16-10-13(4)15-9-7-8-14(12(2)3)17(15)24-25(21,19-16)11-22-5/h7-9,12-13,16H,6,10-11H2,1-5H3,(H,19,21)/t13?,16-,25?/m1/s1. The molecule has 0 spiro atoms. The van der Waals surface area contributed by atoms with Crippen molar-refractivity contribution in [2.45, 2.75) is 52.0 Å². The number of methoxy groups -OCH3 is 1. The Morgan fingerprint density at radius 3 is 2.76 bits per heavy atom. The Hall–Kier alpha value is -1.36. The van der Waals surface area contributed by atoms with Gasteiger partial charge < -0.3 is 14.0 Å². The Labute approximate surface area is 149 Å². The molecule has 0 fully saturated rings. The van der Waals surface area contributed by atoms with Crippen LogP contribution in [0.2, 0.25) is 0 Å². The molecule has 1 aromatic carbocycles. The topological polar surface area (TPSA) is 73.9 Å². The van der Waals surface area contributed by atoms with Crippen LogP contribution in [0.15, 0.2) is 18.2 Å². The second kappa shape index (κ2) is 8.35. The first-order chi connectivity index (χ1) is 11.8. The Morgan fingerprint density at radius 2 is 2.16 bits per heavy atom. The highest BCUT2D eigenvalue weighted by Crippen LogP contribution is 2.50. The smallest absolute Gasteiger partial charge is 0.342 e. The van der Waals surface area contributed by atoms with Gasteiger partial charge in [-0.1, -0.05) is 39.0 Å². The predicted octanol–water partition coefficient (Wildman–Crippen LogP) is 4.01. The van der Waals surface area contributed by atoms with E-state index in [1.54, 1.807) is 6.92 Å². The Morgan fingerprint density at radius 1 is 1.44 bits per heavy atom. The Balaban J connectivity index is 2.51. The van der Waals surface area contributed by atoms with Crippen LogP contribution < -0.4 is 9.61 Å². The van der Waals surface area contributed by atoms with Crippen LogP contribution in [0.4, 0.5) is 0 Å². The van der Waals surface area contributed by atoms with E-state index in [9.17, 15) is 9.36 Å². The zero-order chi connectivity index (χ0) is 18.6. The molecule has 6 nitrogen and oxygen atoms in total. The maximum atomic E-state index is 13.3. The number of fused-ring (bicyclic) bond motifs is 1. The van der Waals surface area contributed by atoms with E-state index in [1.165, 1.54) is 7.11 Å². The van der Waals surface area contributed by atoms with Crippen LogP contribution in [0.25, 0.3) is 0 Å². The molecule has 0 bridgehead atoms. The molecule has 2 rings (SSSR count). The summed E-state index contributed by atoms with van der Waals surface area (Å²) in [5.74, 6) is 0.489. The first-order valence-electron chi connectivity index (χ1n) is 8.66. The number of hydrogen-bond donors (Lipinski definition) is 1. The third-order valence-corrected chi connectivity index (χ3v) is 6.06. The molecule has 140 valence electrons. The molecule has 0 saturated heterocycles. The minimum absolute atomic E-state index is 0.0481. The van der Waals surface area contributed by atoms with Gasteiger partial charge in [-0.25, -0.2) is 5.09 Å². The van der Waals surface area contributed by atoms with Gasteiger partial charge >= 0.3 is 13.5 Å². The van der Waals surface area contributed by atoms with Crippen LogP contribution >= 0.6 is 7.52 Å². The molecule has 0 saturated carbocycles. The molecular weight excluding hydrogens is 341 g/mol. The highest BCUT2D eigenvalue weighted by atomic mass is 31.2. The average Bonchev–Trinajstić information content (AvgIpc) is 2.53. The number of ether oxygens (including phenoxy) is 2. The van der Waals surface area contributed by atoms with Crippen LogP contribution in [0, 0.1) is 0 Å². The van der Waals surface area contributed by atoms with Crippen LogP contribution in [-0.2, 0) is 18.8 Å². The summed E-state index contributed by atoms with van der Waals surface area (Å²) in [6.07, 6.45) is 0.355. The van der Waals surface area contributed by atoms with Gasteiger partial charge in [-0.05, 0) is 36.3 Å². The van der Waals surface area contributed by atoms with E-state index in [4.69, 9.17) is 14.0 Å². The third-order valence-electron chi connectivity index (χ3n) is 4.28.